The minimum Gasteiger partial charge on any atom is -0.313 e. The third-order valence-electron chi connectivity index (χ3n) is 0.551. The first-order valence-electron chi connectivity index (χ1n) is 2.33. The van der Waals surface area contributed by atoms with Gasteiger partial charge in [-0.1, -0.05) is 9.83 Å². The van der Waals surface area contributed by atoms with Crippen molar-refractivity contribution in [2.24, 2.45) is 16.0 Å². The molecule has 0 rings (SSSR count). The average Bonchev–Trinajstić information content (AvgIpc) is 1.65. The van der Waals surface area contributed by atoms with Crippen LogP contribution in [-0.4, -0.2) is 13.2 Å². The highest BCUT2D eigenvalue weighted by Crippen LogP contribution is 2.04. The molecule has 4 nitrogen and oxygen atoms in total. The Bertz CT molecular complexity index is 89.3. The van der Waals surface area contributed by atoms with E-state index in [4.69, 9.17) is 11.2 Å². The first-order valence-corrected chi connectivity index (χ1v) is 3.69. The zero-order chi connectivity index (χ0) is 6.57. The van der Waals surface area contributed by atoms with E-state index < -0.39 is 8.01 Å². The molecule has 0 saturated carbocycles. The fourth-order valence-electron chi connectivity index (χ4n) is 0.266. The van der Waals surface area contributed by atoms with Gasteiger partial charge in [0.05, 0.1) is 13.2 Å². The molecular formula is C3H12N4P+. The van der Waals surface area contributed by atoms with Crippen LogP contribution in [0.4, 0.5) is 0 Å². The third-order valence-corrected chi connectivity index (χ3v) is 1.65. The Balaban J connectivity index is 3.39. The van der Waals surface area contributed by atoms with Gasteiger partial charge in [-0.15, -0.1) is 5.50 Å². The van der Waals surface area contributed by atoms with Crippen LogP contribution in [0.3, 0.4) is 0 Å². The van der Waals surface area contributed by atoms with Crippen molar-refractivity contribution < 1.29 is 0 Å². The molecule has 8 heavy (non-hydrogen) atoms. The van der Waals surface area contributed by atoms with Crippen molar-refractivity contribution in [3.63, 3.8) is 0 Å². The molecule has 2 unspecified atom stereocenters. The van der Waals surface area contributed by atoms with E-state index in [1.165, 1.54) is 0 Å². The standard InChI is InChI=1S/C3H12N4P/c1-3(4)7-8(5)6-2/h3H,4H2,1-2H3,(H3,5,6,7)/q+1. The van der Waals surface area contributed by atoms with Crippen LogP contribution in [0.5, 0.6) is 0 Å². The number of hydrogen-bond donors (Lipinski definition) is 3. The Morgan fingerprint density at radius 3 is 2.38 bits per heavy atom. The van der Waals surface area contributed by atoms with Gasteiger partial charge in [-0.05, 0) is 6.92 Å². The Labute approximate surface area is 50.2 Å². The lowest BCUT2D eigenvalue weighted by Gasteiger charge is -1.93. The average molecular weight is 135 g/mol. The van der Waals surface area contributed by atoms with Crippen molar-refractivity contribution in [2.75, 3.05) is 7.05 Å². The van der Waals surface area contributed by atoms with E-state index in [1.54, 1.807) is 7.05 Å². The van der Waals surface area contributed by atoms with Crippen molar-refractivity contribution in [1.82, 2.24) is 5.09 Å². The summed E-state index contributed by atoms with van der Waals surface area (Å²) in [6.07, 6.45) is -0.0604. The molecule has 0 bridgehead atoms. The quantitative estimate of drug-likeness (QED) is 0.367. The number of hydrogen-bond acceptors (Lipinski definition) is 2. The number of nitrogens with zero attached hydrogens (tertiary/aromatic N) is 1. The normalized spacial score (nSPS) is 16.2. The maximum atomic E-state index is 5.38. The number of nitrogens with one attached hydrogen (secondary N) is 1. The van der Waals surface area contributed by atoms with Gasteiger partial charge in [0, 0.05) is 0 Å². The van der Waals surface area contributed by atoms with Gasteiger partial charge in [0.2, 0.25) is 0 Å². The first kappa shape index (κ1) is 7.98. The highest BCUT2D eigenvalue weighted by Gasteiger charge is 2.04. The van der Waals surface area contributed by atoms with E-state index in [0.29, 0.717) is 0 Å². The summed E-state index contributed by atoms with van der Waals surface area (Å²) in [6.45, 7) is 1.83. The summed E-state index contributed by atoms with van der Waals surface area (Å²) in [5.41, 5.74) is 10.7. The third kappa shape index (κ3) is 4.15. The molecule has 0 aromatic heterocycles. The predicted molar refractivity (Wildman–Crippen MR) is 36.2 cm³/mol. The minimum absolute atomic E-state index is 0.0604. The van der Waals surface area contributed by atoms with Gasteiger partial charge in [-0.25, -0.2) is 0 Å². The maximum Gasteiger partial charge on any atom is 0.391 e. The summed E-state index contributed by atoms with van der Waals surface area (Å²) < 4.78 is 3.78. The van der Waals surface area contributed by atoms with Crippen molar-refractivity contribution in [1.29, 1.82) is 0 Å². The van der Waals surface area contributed by atoms with Crippen LogP contribution >= 0.6 is 8.01 Å². The lowest BCUT2D eigenvalue weighted by atomic mass is 10.7. The van der Waals surface area contributed by atoms with E-state index in [1.807, 2.05) is 6.92 Å². The molecule has 0 fully saturated rings. The molecular weight excluding hydrogens is 123 g/mol. The van der Waals surface area contributed by atoms with Crippen molar-refractivity contribution >= 4 is 8.01 Å². The van der Waals surface area contributed by atoms with Crippen LogP contribution in [0.2, 0.25) is 0 Å². The van der Waals surface area contributed by atoms with Crippen LogP contribution in [0, 0.1) is 0 Å². The second kappa shape index (κ2) is 3.92. The topological polar surface area (TPSA) is 76.4 Å². The van der Waals surface area contributed by atoms with E-state index in [9.17, 15) is 0 Å². The van der Waals surface area contributed by atoms with E-state index >= 15 is 0 Å². The second-order valence-electron chi connectivity index (χ2n) is 1.46. The lowest BCUT2D eigenvalue weighted by Crippen LogP contribution is -2.29. The Hall–Kier alpha value is -0.0200. The highest BCUT2D eigenvalue weighted by molar-refractivity contribution is 7.42. The smallest absolute Gasteiger partial charge is 0.313 e. The Kier molecular flexibility index (Phi) is 3.91. The Morgan fingerprint density at radius 1 is 1.75 bits per heavy atom. The summed E-state index contributed by atoms with van der Waals surface area (Å²) in [6, 6.07) is 0. The minimum atomic E-state index is -0.868. The van der Waals surface area contributed by atoms with Gasteiger partial charge >= 0.3 is 8.01 Å². The molecule has 5 heteroatoms. The highest BCUT2D eigenvalue weighted by atomic mass is 31.1. The fraction of sp³-hybridized carbons (Fsp3) is 1.00. The summed E-state index contributed by atoms with van der Waals surface area (Å²) >= 11 is 0. The first-order chi connectivity index (χ1) is 3.66. The number of rotatable bonds is 2. The summed E-state index contributed by atoms with van der Waals surface area (Å²) in [4.78, 5) is 0. The summed E-state index contributed by atoms with van der Waals surface area (Å²) in [7, 11) is 0.800. The van der Waals surface area contributed by atoms with Crippen LogP contribution < -0.4 is 16.3 Å². The largest absolute Gasteiger partial charge is 0.391 e. The van der Waals surface area contributed by atoms with E-state index in [0.717, 1.165) is 0 Å². The zero-order valence-electron chi connectivity index (χ0n) is 5.13. The molecule has 0 saturated heterocycles. The SMILES string of the molecule is CN=[P+](N)NC(C)N. The van der Waals surface area contributed by atoms with E-state index in [-0.39, 0.29) is 6.17 Å². The van der Waals surface area contributed by atoms with Gasteiger partial charge in [-0.2, -0.15) is 0 Å². The van der Waals surface area contributed by atoms with Crippen LogP contribution in [-0.2, 0) is 0 Å². The summed E-state index contributed by atoms with van der Waals surface area (Å²) in [5.74, 6) is 0. The molecule has 0 radical (unpaired) electrons. The molecule has 0 aromatic carbocycles. The molecule has 2 atom stereocenters. The van der Waals surface area contributed by atoms with Gasteiger partial charge < -0.3 is 5.73 Å². The van der Waals surface area contributed by atoms with Crippen LogP contribution in [0.1, 0.15) is 6.92 Å². The van der Waals surface area contributed by atoms with Gasteiger partial charge in [0.1, 0.15) is 0 Å². The zero-order valence-corrected chi connectivity index (χ0v) is 6.02. The van der Waals surface area contributed by atoms with Crippen LogP contribution in [0.25, 0.3) is 0 Å². The molecule has 0 aliphatic rings. The molecule has 0 aliphatic carbocycles. The molecule has 0 aliphatic heterocycles. The summed E-state index contributed by atoms with van der Waals surface area (Å²) in [5, 5.41) is 2.85. The monoisotopic (exact) mass is 135 g/mol. The maximum absolute atomic E-state index is 5.38. The van der Waals surface area contributed by atoms with Crippen molar-refractivity contribution in [3.8, 4) is 0 Å². The number of nitrogens with two attached hydrogens (primary N) is 2. The molecule has 0 spiro atoms. The van der Waals surface area contributed by atoms with E-state index in [2.05, 4.69) is 9.83 Å². The van der Waals surface area contributed by atoms with Crippen molar-refractivity contribution in [3.05, 3.63) is 0 Å². The molecule has 0 heterocycles. The predicted octanol–water partition coefficient (Wildman–Crippen LogP) is -0.0353. The Morgan fingerprint density at radius 2 is 2.25 bits per heavy atom. The van der Waals surface area contributed by atoms with Gasteiger partial charge in [0.25, 0.3) is 0 Å². The van der Waals surface area contributed by atoms with Crippen molar-refractivity contribution in [2.45, 2.75) is 13.1 Å². The second-order valence-corrected chi connectivity index (χ2v) is 2.81. The molecule has 48 valence electrons. The fourth-order valence-corrected chi connectivity index (χ4v) is 0.799. The molecule has 0 aromatic rings. The van der Waals surface area contributed by atoms with Gasteiger partial charge in [0.15, 0.2) is 0 Å². The molecule has 0 amide bonds. The van der Waals surface area contributed by atoms with Crippen LogP contribution in [0.15, 0.2) is 4.74 Å². The molecule has 5 N–H and O–H groups in total. The lowest BCUT2D eigenvalue weighted by molar-refractivity contribution is 0.724. The van der Waals surface area contributed by atoms with Gasteiger partial charge in [-0.3, -0.25) is 0 Å².